The molecule has 0 spiro atoms. The van der Waals surface area contributed by atoms with E-state index in [1.807, 2.05) is 91.2 Å². The molecule has 2 aromatic carbocycles. The second kappa shape index (κ2) is 6.96. The maximum atomic E-state index is 12.8. The van der Waals surface area contributed by atoms with Crippen molar-refractivity contribution in [2.45, 2.75) is 13.8 Å². The number of amides is 1. The van der Waals surface area contributed by atoms with E-state index < -0.39 is 0 Å². The van der Waals surface area contributed by atoms with Crippen LogP contribution in [0.25, 0.3) is 5.65 Å². The molecule has 0 atom stereocenters. The number of nitrogens with zero attached hydrogens (tertiary/aromatic N) is 2. The number of benzene rings is 2. The van der Waals surface area contributed by atoms with Gasteiger partial charge in [-0.25, -0.2) is 4.98 Å². The maximum Gasteiger partial charge on any atom is 0.274 e. The van der Waals surface area contributed by atoms with Crippen molar-refractivity contribution < 1.29 is 9.53 Å². The van der Waals surface area contributed by atoms with E-state index in [0.717, 1.165) is 17.0 Å². The van der Waals surface area contributed by atoms with Crippen LogP contribution in [0.1, 0.15) is 21.7 Å². The third-order valence-electron chi connectivity index (χ3n) is 4.26. The highest BCUT2D eigenvalue weighted by Gasteiger charge is 2.16. The molecule has 0 saturated heterocycles. The zero-order chi connectivity index (χ0) is 18.8. The highest BCUT2D eigenvalue weighted by molar-refractivity contribution is 6.04. The zero-order valence-electron chi connectivity index (χ0n) is 15.1. The number of hydrogen-bond acceptors (Lipinski definition) is 3. The van der Waals surface area contributed by atoms with Crippen LogP contribution in [0, 0.1) is 13.8 Å². The van der Waals surface area contributed by atoms with E-state index in [0.29, 0.717) is 22.8 Å². The summed E-state index contributed by atoms with van der Waals surface area (Å²) in [7, 11) is 0. The van der Waals surface area contributed by atoms with Gasteiger partial charge in [-0.15, -0.1) is 0 Å². The molecule has 0 radical (unpaired) electrons. The number of imidazole rings is 1. The van der Waals surface area contributed by atoms with Gasteiger partial charge in [0.15, 0.2) is 0 Å². The predicted octanol–water partition coefficient (Wildman–Crippen LogP) is 5.00. The molecule has 5 nitrogen and oxygen atoms in total. The lowest BCUT2D eigenvalue weighted by molar-refractivity contribution is 0.102. The largest absolute Gasteiger partial charge is 0.457 e. The fraction of sp³-hybridized carbons (Fsp3) is 0.0909. The molecule has 4 rings (SSSR count). The van der Waals surface area contributed by atoms with Gasteiger partial charge in [-0.3, -0.25) is 9.20 Å². The van der Waals surface area contributed by atoms with Crippen LogP contribution < -0.4 is 10.1 Å². The molecule has 0 aliphatic rings. The minimum Gasteiger partial charge on any atom is -0.457 e. The number of para-hydroxylation sites is 1. The van der Waals surface area contributed by atoms with E-state index in [-0.39, 0.29) is 5.91 Å². The van der Waals surface area contributed by atoms with E-state index in [9.17, 15) is 4.79 Å². The van der Waals surface area contributed by atoms with E-state index in [4.69, 9.17) is 4.74 Å². The number of fused-ring (bicyclic) bond motifs is 1. The molecule has 1 N–H and O–H groups in total. The molecule has 27 heavy (non-hydrogen) atoms. The van der Waals surface area contributed by atoms with Gasteiger partial charge in [-0.05, 0) is 67.9 Å². The molecule has 5 heteroatoms. The first kappa shape index (κ1) is 16.8. The number of carbonyl (C=O) groups is 1. The molecule has 0 aliphatic carbocycles. The number of carbonyl (C=O) groups excluding carboxylic acids is 1. The average Bonchev–Trinajstić information content (AvgIpc) is 2.99. The van der Waals surface area contributed by atoms with Crippen LogP contribution in [0.15, 0.2) is 72.9 Å². The van der Waals surface area contributed by atoms with Crippen molar-refractivity contribution in [1.29, 1.82) is 0 Å². The number of nitrogens with one attached hydrogen (secondary N) is 1. The first-order chi connectivity index (χ1) is 13.1. The van der Waals surface area contributed by atoms with E-state index in [1.54, 1.807) is 0 Å². The summed E-state index contributed by atoms with van der Waals surface area (Å²) in [5.74, 6) is 1.28. The molecule has 134 valence electrons. The molecule has 0 aliphatic heterocycles. The fourth-order valence-corrected chi connectivity index (χ4v) is 2.96. The van der Waals surface area contributed by atoms with Crippen molar-refractivity contribution in [3.05, 3.63) is 89.9 Å². The summed E-state index contributed by atoms with van der Waals surface area (Å²) in [6.07, 6.45) is 1.87. The predicted molar refractivity (Wildman–Crippen MR) is 106 cm³/mol. The van der Waals surface area contributed by atoms with Gasteiger partial charge < -0.3 is 10.1 Å². The molecule has 1 amide bonds. The Morgan fingerprint density at radius 2 is 1.67 bits per heavy atom. The summed E-state index contributed by atoms with van der Waals surface area (Å²) in [6, 6.07) is 20.8. The third-order valence-corrected chi connectivity index (χ3v) is 4.26. The van der Waals surface area contributed by atoms with Crippen molar-refractivity contribution in [2.75, 3.05) is 5.32 Å². The Morgan fingerprint density at radius 1 is 0.963 bits per heavy atom. The smallest absolute Gasteiger partial charge is 0.274 e. The first-order valence-corrected chi connectivity index (χ1v) is 8.70. The monoisotopic (exact) mass is 357 g/mol. The summed E-state index contributed by atoms with van der Waals surface area (Å²) < 4.78 is 7.58. The Labute approximate surface area is 157 Å². The highest BCUT2D eigenvalue weighted by Crippen LogP contribution is 2.23. The second-order valence-corrected chi connectivity index (χ2v) is 6.37. The Kier molecular flexibility index (Phi) is 4.34. The molecule has 0 saturated carbocycles. The van der Waals surface area contributed by atoms with Crippen molar-refractivity contribution in [3.8, 4) is 11.5 Å². The van der Waals surface area contributed by atoms with Crippen LogP contribution in [0.4, 0.5) is 5.69 Å². The van der Waals surface area contributed by atoms with E-state index >= 15 is 0 Å². The zero-order valence-corrected chi connectivity index (χ0v) is 15.1. The molecule has 4 aromatic rings. The summed E-state index contributed by atoms with van der Waals surface area (Å²) in [4.78, 5) is 17.2. The van der Waals surface area contributed by atoms with Crippen LogP contribution in [0.3, 0.4) is 0 Å². The van der Waals surface area contributed by atoms with Crippen LogP contribution in [-0.4, -0.2) is 15.3 Å². The van der Waals surface area contributed by atoms with Crippen molar-refractivity contribution >= 4 is 17.2 Å². The van der Waals surface area contributed by atoms with E-state index in [1.165, 1.54) is 0 Å². The lowest BCUT2D eigenvalue weighted by atomic mass is 10.2. The van der Waals surface area contributed by atoms with Crippen molar-refractivity contribution in [3.63, 3.8) is 0 Å². The standard InChI is InChI=1S/C22H19N3O2/c1-15-12-13-25-20(14-15)23-16(2)21(25)22(26)24-17-8-10-19(11-9-17)27-18-6-4-3-5-7-18/h3-14H,1-2H3,(H,24,26). The van der Waals surface area contributed by atoms with Gasteiger partial charge in [0.05, 0.1) is 5.69 Å². The molecule has 0 unspecified atom stereocenters. The van der Waals surface area contributed by atoms with Crippen LogP contribution in [0.5, 0.6) is 11.5 Å². The van der Waals surface area contributed by atoms with Gasteiger partial charge in [-0.1, -0.05) is 18.2 Å². The summed E-state index contributed by atoms with van der Waals surface area (Å²) >= 11 is 0. The topological polar surface area (TPSA) is 55.6 Å². The molecule has 2 heterocycles. The average molecular weight is 357 g/mol. The quantitative estimate of drug-likeness (QED) is 0.559. The Balaban J connectivity index is 1.52. The molecule has 0 fully saturated rings. The Bertz CT molecular complexity index is 1100. The number of aryl methyl sites for hydroxylation is 2. The van der Waals surface area contributed by atoms with Crippen LogP contribution in [0.2, 0.25) is 0 Å². The number of ether oxygens (including phenoxy) is 1. The fourth-order valence-electron chi connectivity index (χ4n) is 2.96. The van der Waals surface area contributed by atoms with Gasteiger partial charge in [0.25, 0.3) is 5.91 Å². The lowest BCUT2D eigenvalue weighted by Crippen LogP contribution is -2.15. The summed E-state index contributed by atoms with van der Waals surface area (Å²) in [5, 5.41) is 2.93. The van der Waals surface area contributed by atoms with Crippen LogP contribution >= 0.6 is 0 Å². The van der Waals surface area contributed by atoms with Gasteiger partial charge in [0.1, 0.15) is 22.8 Å². The molecular formula is C22H19N3O2. The number of rotatable bonds is 4. The van der Waals surface area contributed by atoms with Crippen molar-refractivity contribution in [1.82, 2.24) is 9.38 Å². The van der Waals surface area contributed by atoms with Crippen LogP contribution in [-0.2, 0) is 0 Å². The number of hydrogen-bond donors (Lipinski definition) is 1. The third kappa shape index (κ3) is 3.53. The van der Waals surface area contributed by atoms with Gasteiger partial charge in [0, 0.05) is 11.9 Å². The second-order valence-electron chi connectivity index (χ2n) is 6.37. The van der Waals surface area contributed by atoms with E-state index in [2.05, 4.69) is 10.3 Å². The van der Waals surface area contributed by atoms with Gasteiger partial charge in [-0.2, -0.15) is 0 Å². The first-order valence-electron chi connectivity index (χ1n) is 8.70. The Hall–Kier alpha value is -3.60. The highest BCUT2D eigenvalue weighted by atomic mass is 16.5. The summed E-state index contributed by atoms with van der Waals surface area (Å²) in [6.45, 7) is 3.84. The maximum absolute atomic E-state index is 12.8. The van der Waals surface area contributed by atoms with Gasteiger partial charge in [0.2, 0.25) is 0 Å². The molecule has 0 bridgehead atoms. The number of aromatic nitrogens is 2. The minimum atomic E-state index is -0.194. The summed E-state index contributed by atoms with van der Waals surface area (Å²) in [5.41, 5.74) is 3.80. The number of pyridine rings is 1. The SMILES string of the molecule is Cc1ccn2c(C(=O)Nc3ccc(Oc4ccccc4)cc3)c(C)nc2c1. The van der Waals surface area contributed by atoms with Crippen molar-refractivity contribution in [2.24, 2.45) is 0 Å². The van der Waals surface area contributed by atoms with Gasteiger partial charge >= 0.3 is 0 Å². The lowest BCUT2D eigenvalue weighted by Gasteiger charge is -2.08. The molecule has 2 aromatic heterocycles. The normalized spacial score (nSPS) is 10.7. The minimum absolute atomic E-state index is 0.194. The number of anilines is 1. The Morgan fingerprint density at radius 3 is 2.41 bits per heavy atom. The molecular weight excluding hydrogens is 338 g/mol.